The molecule has 4 aromatic rings. The maximum Gasteiger partial charge on any atom is 0.373 e. The van der Waals surface area contributed by atoms with E-state index in [1.165, 1.54) is 19.5 Å². The van der Waals surface area contributed by atoms with Gasteiger partial charge in [0.05, 0.1) is 19.0 Å². The maximum absolute atomic E-state index is 11.4. The number of aromatic nitrogens is 4. The molecule has 0 atom stereocenters. The van der Waals surface area contributed by atoms with E-state index in [0.717, 1.165) is 5.69 Å². The normalized spacial score (nSPS) is 10.8. The highest BCUT2D eigenvalue weighted by Crippen LogP contribution is 2.24. The Labute approximate surface area is 148 Å². The largest absolute Gasteiger partial charge is 0.469 e. The first-order valence-corrected chi connectivity index (χ1v) is 7.80. The summed E-state index contributed by atoms with van der Waals surface area (Å²) in [5.74, 6) is 0.446. The van der Waals surface area contributed by atoms with Gasteiger partial charge in [-0.3, -0.25) is 0 Å². The molecular weight excluding hydrogens is 336 g/mol. The van der Waals surface area contributed by atoms with Crippen molar-refractivity contribution in [3.05, 3.63) is 66.5 Å². The van der Waals surface area contributed by atoms with E-state index in [9.17, 15) is 4.79 Å². The summed E-state index contributed by atoms with van der Waals surface area (Å²) in [7, 11) is 1.29. The van der Waals surface area contributed by atoms with Crippen molar-refractivity contribution in [1.82, 2.24) is 19.7 Å². The molecule has 0 radical (unpaired) electrons. The lowest BCUT2D eigenvalue weighted by atomic mass is 10.3. The topological polar surface area (TPSA) is 92.3 Å². The number of esters is 1. The van der Waals surface area contributed by atoms with Gasteiger partial charge in [0.25, 0.3) is 0 Å². The molecule has 0 N–H and O–H groups in total. The predicted octanol–water partition coefficient (Wildman–Crippen LogP) is 2.77. The summed E-state index contributed by atoms with van der Waals surface area (Å²) in [6.07, 6.45) is 3.07. The van der Waals surface area contributed by atoms with Gasteiger partial charge in [-0.15, -0.1) is 0 Å². The number of carbonyl (C=O) groups is 1. The molecule has 0 aliphatic heterocycles. The van der Waals surface area contributed by atoms with Gasteiger partial charge in [0.15, 0.2) is 5.65 Å². The zero-order valence-corrected chi connectivity index (χ0v) is 13.8. The summed E-state index contributed by atoms with van der Waals surface area (Å²) in [6.45, 7) is 0.111. The Kier molecular flexibility index (Phi) is 4.06. The molecule has 0 saturated heterocycles. The summed E-state index contributed by atoms with van der Waals surface area (Å²) in [5, 5.41) is 5.05. The van der Waals surface area contributed by atoms with Crippen molar-refractivity contribution < 1.29 is 18.7 Å². The van der Waals surface area contributed by atoms with E-state index >= 15 is 0 Å². The number of rotatable bonds is 5. The number of fused-ring (bicyclic) bond motifs is 1. The van der Waals surface area contributed by atoms with Crippen LogP contribution < -0.4 is 4.74 Å². The lowest BCUT2D eigenvalue weighted by Crippen LogP contribution is -2.00. The van der Waals surface area contributed by atoms with Crippen molar-refractivity contribution in [1.29, 1.82) is 0 Å². The predicted molar refractivity (Wildman–Crippen MR) is 91.0 cm³/mol. The number of carbonyl (C=O) groups excluding carboxylic acids is 1. The second-order valence-electron chi connectivity index (χ2n) is 5.35. The molecule has 0 aliphatic carbocycles. The molecule has 0 aliphatic rings. The Hall–Kier alpha value is -3.68. The number of furan rings is 1. The summed E-state index contributed by atoms with van der Waals surface area (Å²) < 4.78 is 17.4. The average molecular weight is 350 g/mol. The molecule has 0 bridgehead atoms. The molecule has 3 aromatic heterocycles. The minimum atomic E-state index is -0.537. The zero-order valence-electron chi connectivity index (χ0n) is 13.8. The molecule has 0 spiro atoms. The van der Waals surface area contributed by atoms with E-state index in [1.54, 1.807) is 16.9 Å². The number of hydrogen-bond donors (Lipinski definition) is 0. The van der Waals surface area contributed by atoms with Gasteiger partial charge in [-0.25, -0.2) is 19.4 Å². The van der Waals surface area contributed by atoms with E-state index in [4.69, 9.17) is 9.15 Å². The first-order chi connectivity index (χ1) is 12.8. The number of methoxy groups -OCH3 is 1. The molecular formula is C18H14N4O4. The van der Waals surface area contributed by atoms with Crippen LogP contribution in [0.25, 0.3) is 16.7 Å². The van der Waals surface area contributed by atoms with Gasteiger partial charge in [-0.1, -0.05) is 18.2 Å². The van der Waals surface area contributed by atoms with Crippen LogP contribution in [0.15, 0.2) is 59.4 Å². The average Bonchev–Trinajstić information content (AvgIpc) is 3.34. The van der Waals surface area contributed by atoms with Crippen molar-refractivity contribution in [2.75, 3.05) is 7.11 Å². The number of hydrogen-bond acceptors (Lipinski definition) is 7. The molecule has 26 heavy (non-hydrogen) atoms. The maximum atomic E-state index is 11.4. The summed E-state index contributed by atoms with van der Waals surface area (Å²) in [6, 6.07) is 12.9. The first-order valence-electron chi connectivity index (χ1n) is 7.80. The van der Waals surface area contributed by atoms with Crippen LogP contribution in [-0.4, -0.2) is 32.8 Å². The fraction of sp³-hybridized carbons (Fsp3) is 0.111. The van der Waals surface area contributed by atoms with E-state index in [2.05, 4.69) is 19.8 Å². The van der Waals surface area contributed by atoms with Crippen LogP contribution in [0, 0.1) is 0 Å². The Morgan fingerprint density at radius 3 is 2.81 bits per heavy atom. The van der Waals surface area contributed by atoms with Crippen molar-refractivity contribution in [2.45, 2.75) is 6.61 Å². The molecule has 130 valence electrons. The second-order valence-corrected chi connectivity index (χ2v) is 5.35. The molecule has 0 amide bonds. The van der Waals surface area contributed by atoms with Crippen LogP contribution in [0.2, 0.25) is 0 Å². The van der Waals surface area contributed by atoms with Gasteiger partial charge in [0, 0.05) is 0 Å². The third-order valence-corrected chi connectivity index (χ3v) is 3.73. The van der Waals surface area contributed by atoms with Gasteiger partial charge in [-0.05, 0) is 24.3 Å². The van der Waals surface area contributed by atoms with Crippen LogP contribution in [0.5, 0.6) is 5.88 Å². The molecule has 0 fully saturated rings. The highest BCUT2D eigenvalue weighted by atomic mass is 16.5. The van der Waals surface area contributed by atoms with E-state index < -0.39 is 5.97 Å². The number of nitrogens with zero attached hydrogens (tertiary/aromatic N) is 4. The number of benzene rings is 1. The lowest BCUT2D eigenvalue weighted by molar-refractivity contribution is 0.0561. The fourth-order valence-corrected chi connectivity index (χ4v) is 2.50. The Morgan fingerprint density at radius 2 is 2.00 bits per heavy atom. The molecule has 8 heteroatoms. The smallest absolute Gasteiger partial charge is 0.373 e. The SMILES string of the molecule is COC(=O)c1ccc(COc2ncnc3c2cnn3-c2ccccc2)o1. The molecule has 0 saturated carbocycles. The number of para-hydroxylation sites is 1. The third kappa shape index (κ3) is 2.88. The molecule has 8 nitrogen and oxygen atoms in total. The van der Waals surface area contributed by atoms with Gasteiger partial charge >= 0.3 is 5.97 Å². The van der Waals surface area contributed by atoms with Gasteiger partial charge in [-0.2, -0.15) is 5.10 Å². The summed E-state index contributed by atoms with van der Waals surface area (Å²) >= 11 is 0. The van der Waals surface area contributed by atoms with E-state index in [0.29, 0.717) is 22.7 Å². The minimum Gasteiger partial charge on any atom is -0.469 e. The van der Waals surface area contributed by atoms with E-state index in [-0.39, 0.29) is 12.4 Å². The summed E-state index contributed by atoms with van der Waals surface area (Å²) in [4.78, 5) is 19.9. The highest BCUT2D eigenvalue weighted by Gasteiger charge is 2.14. The lowest BCUT2D eigenvalue weighted by Gasteiger charge is -2.05. The van der Waals surface area contributed by atoms with Crippen molar-refractivity contribution in [2.24, 2.45) is 0 Å². The fourth-order valence-electron chi connectivity index (χ4n) is 2.50. The van der Waals surface area contributed by atoms with Crippen molar-refractivity contribution in [3.63, 3.8) is 0 Å². The second kappa shape index (κ2) is 6.67. The first kappa shape index (κ1) is 15.8. The zero-order chi connectivity index (χ0) is 17.9. The standard InChI is InChI=1S/C18H14N4O4/c1-24-18(23)15-8-7-13(26-15)10-25-17-14-9-21-22(16(14)19-11-20-17)12-5-3-2-4-6-12/h2-9,11H,10H2,1H3. The Bertz CT molecular complexity index is 1060. The van der Waals surface area contributed by atoms with Crippen LogP contribution in [0.3, 0.4) is 0 Å². The third-order valence-electron chi connectivity index (χ3n) is 3.73. The minimum absolute atomic E-state index is 0.111. The van der Waals surface area contributed by atoms with Crippen LogP contribution >= 0.6 is 0 Å². The van der Waals surface area contributed by atoms with Crippen LogP contribution in [0.4, 0.5) is 0 Å². The molecule has 4 rings (SSSR count). The van der Waals surface area contributed by atoms with Gasteiger partial charge in [0.2, 0.25) is 11.6 Å². The quantitative estimate of drug-likeness (QED) is 0.511. The van der Waals surface area contributed by atoms with E-state index in [1.807, 2.05) is 30.3 Å². The van der Waals surface area contributed by atoms with Crippen molar-refractivity contribution in [3.8, 4) is 11.6 Å². The molecule has 0 unspecified atom stereocenters. The monoisotopic (exact) mass is 350 g/mol. The highest BCUT2D eigenvalue weighted by molar-refractivity contribution is 5.86. The van der Waals surface area contributed by atoms with Crippen LogP contribution in [0.1, 0.15) is 16.3 Å². The Morgan fingerprint density at radius 1 is 1.15 bits per heavy atom. The summed E-state index contributed by atoms with van der Waals surface area (Å²) in [5.41, 5.74) is 1.52. The van der Waals surface area contributed by atoms with Gasteiger partial charge < -0.3 is 13.9 Å². The van der Waals surface area contributed by atoms with Crippen LogP contribution in [-0.2, 0) is 11.3 Å². The molecule has 1 aromatic carbocycles. The van der Waals surface area contributed by atoms with Crippen molar-refractivity contribution >= 4 is 17.0 Å². The number of ether oxygens (including phenoxy) is 2. The van der Waals surface area contributed by atoms with Gasteiger partial charge in [0.1, 0.15) is 24.1 Å². The Balaban J connectivity index is 1.59. The molecule has 3 heterocycles.